The van der Waals surface area contributed by atoms with Crippen LogP contribution < -0.4 is 5.32 Å². The van der Waals surface area contributed by atoms with Crippen molar-refractivity contribution in [3.8, 4) is 0 Å². The summed E-state index contributed by atoms with van der Waals surface area (Å²) in [4.78, 5) is 22.4. The van der Waals surface area contributed by atoms with Crippen LogP contribution in [-0.2, 0) is 4.79 Å². The van der Waals surface area contributed by atoms with Gasteiger partial charge >= 0.3 is 0 Å². The number of rotatable bonds is 4. The van der Waals surface area contributed by atoms with Gasteiger partial charge in [-0.25, -0.2) is 0 Å². The molecule has 98 valence electrons. The Morgan fingerprint density at radius 2 is 1.83 bits per heavy atom. The lowest BCUT2D eigenvalue weighted by Crippen LogP contribution is -2.23. The number of carbonyl (C=O) groups excluding carboxylic acids is 2. The van der Waals surface area contributed by atoms with Crippen molar-refractivity contribution in [2.75, 3.05) is 5.32 Å². The molecule has 0 saturated carbocycles. The van der Waals surface area contributed by atoms with Gasteiger partial charge < -0.3 is 5.32 Å². The van der Waals surface area contributed by atoms with Gasteiger partial charge in [-0.1, -0.05) is 27.7 Å². The van der Waals surface area contributed by atoms with E-state index in [9.17, 15) is 9.59 Å². The van der Waals surface area contributed by atoms with Crippen LogP contribution in [0.4, 0.5) is 5.69 Å². The molecule has 0 fully saturated rings. The zero-order valence-corrected chi connectivity index (χ0v) is 11.5. The second-order valence-corrected chi connectivity index (χ2v) is 5.76. The maximum absolute atomic E-state index is 11.8. The molecule has 0 aliphatic rings. The van der Waals surface area contributed by atoms with Crippen molar-refractivity contribution in [3.05, 3.63) is 29.8 Å². The molecular weight excluding hydrogens is 226 g/mol. The summed E-state index contributed by atoms with van der Waals surface area (Å²) in [7, 11) is 0. The van der Waals surface area contributed by atoms with Gasteiger partial charge in [-0.15, -0.1) is 0 Å². The van der Waals surface area contributed by atoms with Gasteiger partial charge in [-0.2, -0.15) is 0 Å². The quantitative estimate of drug-likeness (QED) is 0.827. The molecule has 3 nitrogen and oxygen atoms in total. The van der Waals surface area contributed by atoms with E-state index in [4.69, 9.17) is 0 Å². The SMILES string of the molecule is CC(CC(=O)Nc1ccc(C=O)cc1)C(C)(C)C. The van der Waals surface area contributed by atoms with Crippen LogP contribution in [0, 0.1) is 11.3 Å². The van der Waals surface area contributed by atoms with E-state index in [1.807, 2.05) is 0 Å². The zero-order chi connectivity index (χ0) is 13.8. The summed E-state index contributed by atoms with van der Waals surface area (Å²) in [6.45, 7) is 8.46. The molecule has 0 radical (unpaired) electrons. The maximum Gasteiger partial charge on any atom is 0.224 e. The smallest absolute Gasteiger partial charge is 0.224 e. The van der Waals surface area contributed by atoms with E-state index in [2.05, 4.69) is 33.0 Å². The minimum Gasteiger partial charge on any atom is -0.326 e. The van der Waals surface area contributed by atoms with Crippen molar-refractivity contribution < 1.29 is 9.59 Å². The van der Waals surface area contributed by atoms with Crippen LogP contribution in [-0.4, -0.2) is 12.2 Å². The van der Waals surface area contributed by atoms with Crippen LogP contribution in [0.1, 0.15) is 44.5 Å². The molecule has 0 heterocycles. The number of amides is 1. The van der Waals surface area contributed by atoms with Crippen LogP contribution in [0.25, 0.3) is 0 Å². The Morgan fingerprint density at radius 3 is 2.28 bits per heavy atom. The van der Waals surface area contributed by atoms with Crippen molar-refractivity contribution in [2.45, 2.75) is 34.1 Å². The summed E-state index contributed by atoms with van der Waals surface area (Å²) in [5.41, 5.74) is 1.46. The first-order valence-corrected chi connectivity index (χ1v) is 6.18. The van der Waals surface area contributed by atoms with Crippen molar-refractivity contribution in [1.82, 2.24) is 0 Å². The molecule has 0 spiro atoms. The number of carbonyl (C=O) groups is 2. The van der Waals surface area contributed by atoms with Gasteiger partial charge in [0.15, 0.2) is 0 Å². The fourth-order valence-electron chi connectivity index (χ4n) is 1.44. The Kier molecular flexibility index (Phi) is 4.65. The third-order valence-electron chi connectivity index (χ3n) is 3.30. The van der Waals surface area contributed by atoms with E-state index in [1.165, 1.54) is 0 Å². The predicted octanol–water partition coefficient (Wildman–Crippen LogP) is 3.51. The van der Waals surface area contributed by atoms with Gasteiger partial charge in [0, 0.05) is 17.7 Å². The van der Waals surface area contributed by atoms with E-state index in [0.717, 1.165) is 12.0 Å². The number of hydrogen-bond acceptors (Lipinski definition) is 2. The first-order chi connectivity index (χ1) is 8.32. The summed E-state index contributed by atoms with van der Waals surface area (Å²) < 4.78 is 0. The molecule has 1 amide bonds. The Labute approximate surface area is 109 Å². The van der Waals surface area contributed by atoms with Crippen molar-refractivity contribution >= 4 is 17.9 Å². The lowest BCUT2D eigenvalue weighted by atomic mass is 9.80. The molecule has 1 atom stereocenters. The molecule has 0 aliphatic heterocycles. The van der Waals surface area contributed by atoms with Gasteiger partial charge in [-0.05, 0) is 35.6 Å². The van der Waals surface area contributed by atoms with Crippen LogP contribution in [0.3, 0.4) is 0 Å². The Hall–Kier alpha value is -1.64. The highest BCUT2D eigenvalue weighted by Crippen LogP contribution is 2.28. The molecule has 1 aromatic rings. The van der Waals surface area contributed by atoms with Gasteiger partial charge in [0.25, 0.3) is 0 Å². The van der Waals surface area contributed by atoms with Crippen LogP contribution in [0.2, 0.25) is 0 Å². The zero-order valence-electron chi connectivity index (χ0n) is 11.5. The van der Waals surface area contributed by atoms with E-state index in [-0.39, 0.29) is 11.3 Å². The molecule has 0 saturated heterocycles. The lowest BCUT2D eigenvalue weighted by Gasteiger charge is -2.26. The van der Waals surface area contributed by atoms with E-state index in [1.54, 1.807) is 24.3 Å². The molecule has 1 aromatic carbocycles. The maximum atomic E-state index is 11.8. The number of aldehydes is 1. The summed E-state index contributed by atoms with van der Waals surface area (Å²) in [5, 5.41) is 2.84. The molecule has 1 N–H and O–H groups in total. The van der Waals surface area contributed by atoms with Crippen molar-refractivity contribution in [1.29, 1.82) is 0 Å². The second kappa shape index (κ2) is 5.80. The standard InChI is InChI=1S/C15H21NO2/c1-11(15(2,3)4)9-14(18)16-13-7-5-12(10-17)6-8-13/h5-8,10-11H,9H2,1-4H3,(H,16,18). The molecule has 0 bridgehead atoms. The summed E-state index contributed by atoms with van der Waals surface area (Å²) >= 11 is 0. The Morgan fingerprint density at radius 1 is 1.28 bits per heavy atom. The summed E-state index contributed by atoms with van der Waals surface area (Å²) in [5.74, 6) is 0.322. The fraction of sp³-hybridized carbons (Fsp3) is 0.467. The Bertz CT molecular complexity index is 415. The number of hydrogen-bond donors (Lipinski definition) is 1. The highest BCUT2D eigenvalue weighted by Gasteiger charge is 2.22. The molecule has 1 rings (SSSR count). The normalized spacial score (nSPS) is 12.9. The predicted molar refractivity (Wildman–Crippen MR) is 73.7 cm³/mol. The van der Waals surface area contributed by atoms with Gasteiger partial charge in [0.1, 0.15) is 6.29 Å². The minimum atomic E-state index is 0.0104. The van der Waals surface area contributed by atoms with Gasteiger partial charge in [0.2, 0.25) is 5.91 Å². The third-order valence-corrected chi connectivity index (χ3v) is 3.30. The molecule has 18 heavy (non-hydrogen) atoms. The molecular formula is C15H21NO2. The number of anilines is 1. The first-order valence-electron chi connectivity index (χ1n) is 6.18. The summed E-state index contributed by atoms with van der Waals surface area (Å²) in [6.07, 6.45) is 1.28. The van der Waals surface area contributed by atoms with Gasteiger partial charge in [0.05, 0.1) is 0 Å². The third kappa shape index (κ3) is 4.32. The number of benzene rings is 1. The highest BCUT2D eigenvalue weighted by molar-refractivity contribution is 5.91. The molecule has 0 aromatic heterocycles. The van der Waals surface area contributed by atoms with E-state index >= 15 is 0 Å². The Balaban J connectivity index is 2.56. The van der Waals surface area contributed by atoms with Gasteiger partial charge in [-0.3, -0.25) is 9.59 Å². The summed E-state index contributed by atoms with van der Waals surface area (Å²) in [6, 6.07) is 6.86. The van der Waals surface area contributed by atoms with Crippen LogP contribution >= 0.6 is 0 Å². The molecule has 3 heteroatoms. The number of nitrogens with one attached hydrogen (secondary N) is 1. The van der Waals surface area contributed by atoms with Crippen LogP contribution in [0.15, 0.2) is 24.3 Å². The fourth-order valence-corrected chi connectivity index (χ4v) is 1.44. The largest absolute Gasteiger partial charge is 0.326 e. The van der Waals surface area contributed by atoms with Crippen molar-refractivity contribution in [2.24, 2.45) is 11.3 Å². The highest BCUT2D eigenvalue weighted by atomic mass is 16.1. The van der Waals surface area contributed by atoms with Crippen LogP contribution in [0.5, 0.6) is 0 Å². The topological polar surface area (TPSA) is 46.2 Å². The van der Waals surface area contributed by atoms with E-state index < -0.39 is 0 Å². The first kappa shape index (κ1) is 14.4. The monoisotopic (exact) mass is 247 g/mol. The van der Waals surface area contributed by atoms with Crippen molar-refractivity contribution in [3.63, 3.8) is 0 Å². The second-order valence-electron chi connectivity index (χ2n) is 5.76. The average molecular weight is 247 g/mol. The lowest BCUT2D eigenvalue weighted by molar-refractivity contribution is -0.117. The average Bonchev–Trinajstić information content (AvgIpc) is 2.28. The van der Waals surface area contributed by atoms with E-state index in [0.29, 0.717) is 17.9 Å². The molecule has 1 unspecified atom stereocenters. The molecule has 0 aliphatic carbocycles. The minimum absolute atomic E-state index is 0.0104.